The van der Waals surface area contributed by atoms with Crippen molar-refractivity contribution in [3.63, 3.8) is 0 Å². The quantitative estimate of drug-likeness (QED) is 0.0726. The SMILES string of the molecule is C/C=C/C[C@@H](C)[C@@H](O)[C@H]1C(=O)N[C@@H](CC)C(=O)N(C)[CH-]C(=O)N(C)[C@@H](CC(C)(C)OCSC)C(=O)N[C@@H](C(C)C)C(=O)N(C)[C@@H](CC(C)C)C(=O)N[C@@H](C)C(=O)N[C@H](C)C(=O)N(C)[C@@H](CC(C)C)C(=O)N(C)[C@@H](CC(C)C)C(=O)N(C)[C@@H](C(C)C)C(=O)N1C.[CH3-].[W+2]. The summed E-state index contributed by atoms with van der Waals surface area (Å²) in [7, 11) is 9.75. The average Bonchev–Trinajstić information content (AvgIpc) is 2.02. The van der Waals surface area contributed by atoms with Crippen LogP contribution in [0.25, 0.3) is 0 Å². The first kappa shape index (κ1) is 87.8. The Morgan fingerprint density at radius 3 is 1.47 bits per heavy atom. The van der Waals surface area contributed by atoms with E-state index in [9.17, 15) is 48.3 Å². The minimum absolute atomic E-state index is 0. The number of amides is 11. The van der Waals surface area contributed by atoms with Gasteiger partial charge in [-0.3, -0.25) is 47.9 Å². The zero-order valence-electron chi connectivity index (χ0n) is 59.8. The zero-order valence-corrected chi connectivity index (χ0v) is 63.5. The molecule has 5 N–H and O–H groups in total. The molecule has 12 atom stereocenters. The normalized spacial score (nSPS) is 25.7. The van der Waals surface area contributed by atoms with Gasteiger partial charge in [0.05, 0.1) is 17.6 Å². The summed E-state index contributed by atoms with van der Waals surface area (Å²) in [6.45, 7) is 30.5. The maximum Gasteiger partial charge on any atom is 2.00 e. The average molecular weight is 1480 g/mol. The number of carbonyl (C=O) groups is 11. The largest absolute Gasteiger partial charge is 2.00 e. The number of hydrogen-bond donors (Lipinski definition) is 5. The van der Waals surface area contributed by atoms with Gasteiger partial charge in [0, 0.05) is 48.7 Å². The van der Waals surface area contributed by atoms with E-state index in [0.29, 0.717) is 6.42 Å². The molecule has 91 heavy (non-hydrogen) atoms. The molecule has 1 heterocycles. The summed E-state index contributed by atoms with van der Waals surface area (Å²) in [5, 5.41) is 23.1. The third kappa shape index (κ3) is 25.5. The summed E-state index contributed by atoms with van der Waals surface area (Å²) in [5.74, 6) is -9.95. The predicted molar refractivity (Wildman–Crippen MR) is 353 cm³/mol. The second-order valence-corrected chi connectivity index (χ2v) is 27.6. The van der Waals surface area contributed by atoms with Crippen LogP contribution in [0.5, 0.6) is 0 Å². The maximum atomic E-state index is 15.2. The molecule has 0 aliphatic carbocycles. The molecular formula is C65H117N11O13SW. The van der Waals surface area contributed by atoms with Crippen LogP contribution in [0.4, 0.5) is 0 Å². The fourth-order valence-corrected chi connectivity index (χ4v) is 11.3. The number of rotatable bonds is 18. The predicted octanol–water partition coefficient (Wildman–Crippen LogP) is 4.34. The van der Waals surface area contributed by atoms with Gasteiger partial charge in [-0.15, -0.1) is 11.8 Å². The topological polar surface area (TPSA) is 288 Å². The first-order valence-corrected chi connectivity index (χ1v) is 32.8. The fourth-order valence-electron chi connectivity index (χ4n) is 10.8. The molecule has 1 aliphatic rings. The number of thioether (sulfide) groups is 1. The van der Waals surface area contributed by atoms with Gasteiger partial charge in [-0.2, -0.15) is 0 Å². The van der Waals surface area contributed by atoms with E-state index in [-0.39, 0.29) is 84.3 Å². The van der Waals surface area contributed by atoms with Gasteiger partial charge >= 0.3 is 21.1 Å². The van der Waals surface area contributed by atoms with Crippen LogP contribution in [0.1, 0.15) is 156 Å². The number of aliphatic hydroxyl groups excluding tert-OH is 1. The van der Waals surface area contributed by atoms with Gasteiger partial charge in [-0.25, -0.2) is 6.54 Å². The maximum absolute atomic E-state index is 15.2. The molecule has 26 heteroatoms. The van der Waals surface area contributed by atoms with Crippen LogP contribution in [-0.2, 0) is 78.5 Å². The molecule has 1 rings (SSSR count). The van der Waals surface area contributed by atoms with Crippen LogP contribution < -0.4 is 21.3 Å². The monoisotopic (exact) mass is 1480 g/mol. The summed E-state index contributed by atoms with van der Waals surface area (Å²) in [4.78, 5) is 170. The number of carbonyl (C=O) groups excluding carboxylic acids is 11. The Morgan fingerprint density at radius 1 is 0.560 bits per heavy atom. The number of likely N-dealkylation sites (N-methyl/N-ethyl adjacent to an activating group) is 7. The molecule has 0 aromatic carbocycles. The Bertz CT molecular complexity index is 2450. The Hall–Kier alpha value is -5.26. The van der Waals surface area contributed by atoms with Crippen molar-refractivity contribution in [2.24, 2.45) is 35.5 Å². The first-order valence-electron chi connectivity index (χ1n) is 31.4. The summed E-state index contributed by atoms with van der Waals surface area (Å²) in [6, 6.07) is -12.8. The Kier molecular flexibility index (Phi) is 38.7. The zero-order chi connectivity index (χ0) is 69.0. The van der Waals surface area contributed by atoms with E-state index in [2.05, 4.69) is 21.3 Å². The molecule has 522 valence electrons. The van der Waals surface area contributed by atoms with E-state index in [4.69, 9.17) is 4.74 Å². The smallest absolute Gasteiger partial charge is 0.469 e. The second-order valence-electron chi connectivity index (χ2n) is 26.8. The molecule has 0 unspecified atom stereocenters. The van der Waals surface area contributed by atoms with Crippen LogP contribution in [0, 0.1) is 49.5 Å². The molecule has 1 saturated heterocycles. The van der Waals surface area contributed by atoms with E-state index < -0.39 is 155 Å². The fraction of sp³-hybridized carbons (Fsp3) is 0.769. The van der Waals surface area contributed by atoms with Crippen LogP contribution in [0.15, 0.2) is 12.2 Å². The standard InChI is InChI=1S/C64H114N11O13S.CH3.W/c1-26-28-29-41(13)53(77)52-57(81)67-44(27-2)59(83)69(18)34-49(76)70(19)48(33-64(16,17)88-35-89-25)56(80)68-50(39(9)10)62(86)71(20)45(30-36(3)4)55(79)65-42(14)54(78)66-43(15)58(82)72(21)46(31-37(5)6)60(84)73(22)47(32-38(7)8)61(85)74(23)51(40(11)12)63(87)75(52)24;;/h26,28,34,36-48,50-53,77H,27,29-33,35H2,1-25H3,(H,65,79)(H,66,78)(H,67,81)(H,68,80);1H3;/q2*-1;+2/b28-26+;;/t41-,42+,43-,44+,45+,46+,47+,48+,50+,51+,52+,53-;;/m1../s1. The second kappa shape index (κ2) is 40.1. The molecule has 0 saturated carbocycles. The van der Waals surface area contributed by atoms with Gasteiger partial charge in [-0.05, 0) is 116 Å². The summed E-state index contributed by atoms with van der Waals surface area (Å²) < 4.78 is 6.10. The van der Waals surface area contributed by atoms with Gasteiger partial charge in [-0.1, -0.05) is 95.2 Å². The third-order valence-electron chi connectivity index (χ3n) is 16.5. The van der Waals surface area contributed by atoms with Gasteiger partial charge in [0.2, 0.25) is 59.1 Å². The Morgan fingerprint density at radius 2 is 1.01 bits per heavy atom. The van der Waals surface area contributed by atoms with Crippen LogP contribution in [-0.4, -0.2) is 238 Å². The minimum atomic E-state index is -1.64. The van der Waals surface area contributed by atoms with Crippen molar-refractivity contribution in [3.8, 4) is 0 Å². The molecule has 1 fully saturated rings. The van der Waals surface area contributed by atoms with E-state index in [1.54, 1.807) is 74.5 Å². The van der Waals surface area contributed by atoms with E-state index in [1.165, 1.54) is 94.5 Å². The number of allylic oxidation sites excluding steroid dienone is 2. The van der Waals surface area contributed by atoms with E-state index >= 15 is 9.59 Å². The number of aliphatic hydroxyl groups is 1. The molecule has 24 nitrogen and oxygen atoms in total. The molecule has 1 aliphatic heterocycles. The van der Waals surface area contributed by atoms with Crippen molar-refractivity contribution < 1.29 is 83.6 Å². The summed E-state index contributed by atoms with van der Waals surface area (Å²) in [5.41, 5.74) is -1.03. The third-order valence-corrected chi connectivity index (χ3v) is 16.8. The van der Waals surface area contributed by atoms with E-state index in [0.717, 1.165) is 21.2 Å². The van der Waals surface area contributed by atoms with Crippen LogP contribution >= 0.6 is 11.8 Å². The van der Waals surface area contributed by atoms with Crippen molar-refractivity contribution in [3.05, 3.63) is 26.1 Å². The first-order chi connectivity index (χ1) is 41.1. The molecule has 11 amide bonds. The molecule has 0 bridgehead atoms. The summed E-state index contributed by atoms with van der Waals surface area (Å²) in [6.07, 6.45) is 4.49. The molecule has 0 spiro atoms. The van der Waals surface area contributed by atoms with Crippen molar-refractivity contribution in [1.82, 2.24) is 55.6 Å². The minimum Gasteiger partial charge on any atom is -0.469 e. The molecule has 0 aromatic heterocycles. The molecule has 0 radical (unpaired) electrons. The van der Waals surface area contributed by atoms with Crippen molar-refractivity contribution in [2.75, 3.05) is 61.5 Å². The van der Waals surface area contributed by atoms with Crippen LogP contribution in [0.2, 0.25) is 0 Å². The summed E-state index contributed by atoms with van der Waals surface area (Å²) >= 11 is 1.39. The van der Waals surface area contributed by atoms with Crippen molar-refractivity contribution in [2.45, 2.75) is 228 Å². The van der Waals surface area contributed by atoms with Crippen molar-refractivity contribution >= 4 is 76.7 Å². The number of hydrogen-bond acceptors (Lipinski definition) is 14. The van der Waals surface area contributed by atoms with Gasteiger partial charge in [0.25, 0.3) is 0 Å². The molecule has 0 aromatic rings. The van der Waals surface area contributed by atoms with E-state index in [1.807, 2.05) is 47.8 Å². The van der Waals surface area contributed by atoms with Gasteiger partial charge in [0.1, 0.15) is 66.3 Å². The van der Waals surface area contributed by atoms with Gasteiger partial charge in [0.15, 0.2) is 0 Å². The van der Waals surface area contributed by atoms with Gasteiger partial charge < -0.3 is 77.6 Å². The number of nitrogens with zero attached hydrogens (tertiary/aromatic N) is 7. The van der Waals surface area contributed by atoms with Crippen molar-refractivity contribution in [1.29, 1.82) is 0 Å². The number of ether oxygens (including phenoxy) is 1. The molecular weight excluding hydrogens is 1360 g/mol. The Balaban J connectivity index is 0. The van der Waals surface area contributed by atoms with Crippen LogP contribution in [0.3, 0.4) is 0 Å². The number of nitrogens with one attached hydrogen (secondary N) is 4. The Labute approximate surface area is 564 Å².